The lowest BCUT2D eigenvalue weighted by molar-refractivity contribution is -0.150. The van der Waals surface area contributed by atoms with Crippen molar-refractivity contribution in [3.63, 3.8) is 0 Å². The van der Waals surface area contributed by atoms with Gasteiger partial charge >= 0.3 is 12.1 Å². The summed E-state index contributed by atoms with van der Waals surface area (Å²) >= 11 is 0. The lowest BCUT2D eigenvalue weighted by Gasteiger charge is -2.28. The molecule has 130 valence electrons. The fourth-order valence-electron chi connectivity index (χ4n) is 2.27. The van der Waals surface area contributed by atoms with Gasteiger partial charge in [0, 0.05) is 13.0 Å². The van der Waals surface area contributed by atoms with Crippen LogP contribution in [0.2, 0.25) is 0 Å². The molecule has 24 heavy (non-hydrogen) atoms. The number of benzene rings is 1. The third kappa shape index (κ3) is 5.01. The monoisotopic (exact) mass is 333 g/mol. The number of amides is 1. The highest BCUT2D eigenvalue weighted by Crippen LogP contribution is 2.21. The summed E-state index contributed by atoms with van der Waals surface area (Å²) in [4.78, 5) is 25.5. The zero-order valence-electron chi connectivity index (χ0n) is 14.2. The van der Waals surface area contributed by atoms with E-state index < -0.39 is 17.7 Å². The van der Waals surface area contributed by atoms with Crippen LogP contribution in [0.5, 0.6) is 0 Å². The summed E-state index contributed by atoms with van der Waals surface area (Å²) in [6, 6.07) is 9.34. The Morgan fingerprint density at radius 2 is 1.88 bits per heavy atom. The van der Waals surface area contributed by atoms with Crippen LogP contribution in [0.3, 0.4) is 0 Å². The minimum Gasteiger partial charge on any atom is -0.510 e. The summed E-state index contributed by atoms with van der Waals surface area (Å²) in [5, 5.41) is 10.1. The standard InChI is InChI=1S/C18H23NO5/c1-18(2,3)24-16(21)14-9-10-19(11-15(14)20)17(22)23-12-13-7-5-4-6-8-13/h4-8,20H,9-12H2,1-3H3. The fraction of sp³-hybridized carbons (Fsp3) is 0.444. The summed E-state index contributed by atoms with van der Waals surface area (Å²) in [5.41, 5.74) is 0.477. The maximum atomic E-state index is 12.1. The Balaban J connectivity index is 1.92. The van der Waals surface area contributed by atoms with Crippen LogP contribution >= 0.6 is 0 Å². The largest absolute Gasteiger partial charge is 0.510 e. The second kappa shape index (κ2) is 7.38. The van der Waals surface area contributed by atoms with Gasteiger partial charge in [0.15, 0.2) is 0 Å². The van der Waals surface area contributed by atoms with Crippen molar-refractivity contribution in [2.75, 3.05) is 13.1 Å². The van der Waals surface area contributed by atoms with E-state index in [9.17, 15) is 14.7 Å². The van der Waals surface area contributed by atoms with Crippen molar-refractivity contribution in [3.05, 3.63) is 47.2 Å². The number of nitrogens with zero attached hydrogens (tertiary/aromatic N) is 1. The van der Waals surface area contributed by atoms with E-state index in [0.717, 1.165) is 5.56 Å². The summed E-state index contributed by atoms with van der Waals surface area (Å²) in [7, 11) is 0. The molecule has 6 nitrogen and oxygen atoms in total. The van der Waals surface area contributed by atoms with E-state index in [2.05, 4.69) is 0 Å². The summed E-state index contributed by atoms with van der Waals surface area (Å²) in [6.07, 6.45) is -0.282. The molecule has 1 N–H and O–H groups in total. The molecule has 0 radical (unpaired) electrons. The van der Waals surface area contributed by atoms with Crippen LogP contribution in [-0.4, -0.2) is 40.8 Å². The fourth-order valence-corrected chi connectivity index (χ4v) is 2.27. The Morgan fingerprint density at radius 1 is 1.21 bits per heavy atom. The number of carbonyl (C=O) groups is 2. The quantitative estimate of drug-likeness (QED) is 0.860. The molecule has 0 fully saturated rings. The van der Waals surface area contributed by atoms with Gasteiger partial charge < -0.3 is 19.5 Å². The molecular formula is C18H23NO5. The number of hydrogen-bond acceptors (Lipinski definition) is 5. The number of ether oxygens (including phenoxy) is 2. The molecule has 6 heteroatoms. The van der Waals surface area contributed by atoms with Crippen LogP contribution in [0.1, 0.15) is 32.8 Å². The van der Waals surface area contributed by atoms with Crippen LogP contribution in [0, 0.1) is 0 Å². The molecule has 0 aliphatic carbocycles. The van der Waals surface area contributed by atoms with E-state index in [0.29, 0.717) is 6.54 Å². The Labute approximate surface area is 141 Å². The highest BCUT2D eigenvalue weighted by atomic mass is 16.6. The lowest BCUT2D eigenvalue weighted by Crippen LogP contribution is -2.39. The molecule has 0 spiro atoms. The van der Waals surface area contributed by atoms with Gasteiger partial charge in [-0.1, -0.05) is 30.3 Å². The van der Waals surface area contributed by atoms with E-state index in [4.69, 9.17) is 9.47 Å². The molecule has 0 saturated heterocycles. The lowest BCUT2D eigenvalue weighted by atomic mass is 10.1. The summed E-state index contributed by atoms with van der Waals surface area (Å²) < 4.78 is 10.5. The van der Waals surface area contributed by atoms with E-state index >= 15 is 0 Å². The number of aliphatic hydroxyl groups is 1. The molecule has 2 rings (SSSR count). The van der Waals surface area contributed by atoms with Crippen LogP contribution in [0.4, 0.5) is 4.79 Å². The molecule has 1 aliphatic heterocycles. The smallest absolute Gasteiger partial charge is 0.410 e. The molecule has 1 aromatic carbocycles. The molecule has 0 bridgehead atoms. The van der Waals surface area contributed by atoms with Crippen molar-refractivity contribution in [2.45, 2.75) is 39.4 Å². The average molecular weight is 333 g/mol. The van der Waals surface area contributed by atoms with E-state index in [-0.39, 0.29) is 30.9 Å². The molecule has 0 aromatic heterocycles. The van der Waals surface area contributed by atoms with Crippen LogP contribution in [-0.2, 0) is 20.9 Å². The molecule has 0 unspecified atom stereocenters. The summed E-state index contributed by atoms with van der Waals surface area (Å²) in [6.45, 7) is 5.70. The van der Waals surface area contributed by atoms with Gasteiger partial charge in [0.25, 0.3) is 0 Å². The number of hydrogen-bond donors (Lipinski definition) is 1. The third-order valence-electron chi connectivity index (χ3n) is 3.43. The van der Waals surface area contributed by atoms with Crippen molar-refractivity contribution in [3.8, 4) is 0 Å². The van der Waals surface area contributed by atoms with Crippen molar-refractivity contribution in [1.29, 1.82) is 0 Å². The Hall–Kier alpha value is -2.50. The van der Waals surface area contributed by atoms with Crippen molar-refractivity contribution in [1.82, 2.24) is 4.90 Å². The van der Waals surface area contributed by atoms with E-state index in [1.807, 2.05) is 30.3 Å². The van der Waals surface area contributed by atoms with Crippen molar-refractivity contribution >= 4 is 12.1 Å². The minimum atomic E-state index is -0.629. The molecule has 0 saturated carbocycles. The highest BCUT2D eigenvalue weighted by molar-refractivity contribution is 5.90. The van der Waals surface area contributed by atoms with Crippen LogP contribution in [0.25, 0.3) is 0 Å². The maximum absolute atomic E-state index is 12.1. The Bertz CT molecular complexity index is 631. The second-order valence-electron chi connectivity index (χ2n) is 6.64. The molecular weight excluding hydrogens is 310 g/mol. The molecule has 1 amide bonds. The average Bonchev–Trinajstić information content (AvgIpc) is 2.51. The molecule has 0 atom stereocenters. The predicted molar refractivity (Wildman–Crippen MR) is 88.3 cm³/mol. The van der Waals surface area contributed by atoms with Gasteiger partial charge in [-0.2, -0.15) is 0 Å². The zero-order valence-corrected chi connectivity index (χ0v) is 14.2. The van der Waals surface area contributed by atoms with Gasteiger partial charge in [-0.15, -0.1) is 0 Å². The predicted octanol–water partition coefficient (Wildman–Crippen LogP) is 3.18. The third-order valence-corrected chi connectivity index (χ3v) is 3.43. The number of rotatable bonds is 3. The van der Waals surface area contributed by atoms with Crippen molar-refractivity contribution < 1.29 is 24.2 Å². The first-order chi connectivity index (χ1) is 11.3. The zero-order chi connectivity index (χ0) is 17.7. The Morgan fingerprint density at radius 3 is 2.46 bits per heavy atom. The maximum Gasteiger partial charge on any atom is 0.410 e. The number of esters is 1. The van der Waals surface area contributed by atoms with Crippen molar-refractivity contribution in [2.24, 2.45) is 0 Å². The molecule has 1 aliphatic rings. The van der Waals surface area contributed by atoms with E-state index in [1.165, 1.54) is 4.90 Å². The van der Waals surface area contributed by atoms with Gasteiger partial charge in [-0.3, -0.25) is 0 Å². The van der Waals surface area contributed by atoms with Gasteiger partial charge in [0.05, 0.1) is 12.1 Å². The van der Waals surface area contributed by atoms with Crippen LogP contribution in [0.15, 0.2) is 41.7 Å². The SMILES string of the molecule is CC(C)(C)OC(=O)C1=C(O)CN(C(=O)OCc2ccccc2)CC1. The van der Waals surface area contributed by atoms with Gasteiger partial charge in [-0.05, 0) is 26.3 Å². The first kappa shape index (κ1) is 17.8. The minimum absolute atomic E-state index is 0.0534. The van der Waals surface area contributed by atoms with Gasteiger partial charge in [0.1, 0.15) is 18.0 Å². The van der Waals surface area contributed by atoms with Gasteiger partial charge in [-0.25, -0.2) is 9.59 Å². The second-order valence-corrected chi connectivity index (χ2v) is 6.64. The highest BCUT2D eigenvalue weighted by Gasteiger charge is 2.29. The number of aliphatic hydroxyl groups excluding tert-OH is 1. The number of carbonyl (C=O) groups excluding carboxylic acids is 2. The normalized spacial score (nSPS) is 15.2. The van der Waals surface area contributed by atoms with Gasteiger partial charge in [0.2, 0.25) is 0 Å². The van der Waals surface area contributed by atoms with E-state index in [1.54, 1.807) is 20.8 Å². The molecule has 1 aromatic rings. The first-order valence-corrected chi connectivity index (χ1v) is 7.86. The Kier molecular flexibility index (Phi) is 5.49. The first-order valence-electron chi connectivity index (χ1n) is 7.86. The molecule has 1 heterocycles. The van der Waals surface area contributed by atoms with Crippen LogP contribution < -0.4 is 0 Å². The topological polar surface area (TPSA) is 76.1 Å². The summed E-state index contributed by atoms with van der Waals surface area (Å²) in [5.74, 6) is -0.690.